The maximum Gasteiger partial charge on any atom is 0.0571 e. The zero-order valence-electron chi connectivity index (χ0n) is 17.6. The molecule has 0 amide bonds. The quantitative estimate of drug-likeness (QED) is 0.332. The Morgan fingerprint density at radius 3 is 1.42 bits per heavy atom. The second kappa shape index (κ2) is 6.96. The highest BCUT2D eigenvalue weighted by atomic mass is 14.7. The molecule has 0 saturated carbocycles. The third-order valence-corrected chi connectivity index (χ3v) is 7.05. The van der Waals surface area contributed by atoms with Crippen molar-refractivity contribution in [1.82, 2.24) is 0 Å². The second-order valence-electron chi connectivity index (χ2n) is 8.55. The molecule has 4 aromatic carbocycles. The Hall–Kier alpha value is -3.64. The lowest BCUT2D eigenvalue weighted by atomic mass is 9.38. The lowest BCUT2D eigenvalue weighted by molar-refractivity contribution is 0.485. The van der Waals surface area contributed by atoms with Gasteiger partial charge >= 0.3 is 0 Å². The first kappa shape index (κ1) is 18.2. The van der Waals surface area contributed by atoms with Gasteiger partial charge in [0.25, 0.3) is 0 Å². The molecule has 2 aliphatic carbocycles. The minimum atomic E-state index is -0.0980. The SMILES string of the molecule is CC1=C(c2ccccc2)C2(c3ccccc3)C(c3ccccc3)=C(c3ccccc3)C12. The number of rotatable bonds is 4. The van der Waals surface area contributed by atoms with E-state index in [-0.39, 0.29) is 5.41 Å². The van der Waals surface area contributed by atoms with E-state index in [1.54, 1.807) is 0 Å². The molecule has 4 aromatic rings. The van der Waals surface area contributed by atoms with E-state index in [9.17, 15) is 0 Å². The van der Waals surface area contributed by atoms with Gasteiger partial charge in [-0.3, -0.25) is 0 Å². The largest absolute Gasteiger partial charge is 0.0622 e. The summed E-state index contributed by atoms with van der Waals surface area (Å²) in [5.74, 6) is 0.405. The van der Waals surface area contributed by atoms with Gasteiger partial charge in [0.2, 0.25) is 0 Å². The molecule has 0 spiro atoms. The van der Waals surface area contributed by atoms with Gasteiger partial charge in [-0.2, -0.15) is 0 Å². The average molecular weight is 397 g/mol. The molecular weight excluding hydrogens is 372 g/mol. The lowest BCUT2D eigenvalue weighted by Gasteiger charge is -2.63. The highest BCUT2D eigenvalue weighted by Crippen LogP contribution is 2.75. The summed E-state index contributed by atoms with van der Waals surface area (Å²) in [5, 5.41) is 0. The number of hydrogen-bond acceptors (Lipinski definition) is 0. The van der Waals surface area contributed by atoms with Crippen LogP contribution in [0.15, 0.2) is 127 Å². The maximum atomic E-state index is 2.33. The van der Waals surface area contributed by atoms with Gasteiger partial charge in [0.1, 0.15) is 0 Å². The summed E-state index contributed by atoms with van der Waals surface area (Å²) >= 11 is 0. The van der Waals surface area contributed by atoms with Crippen LogP contribution in [-0.2, 0) is 5.41 Å². The van der Waals surface area contributed by atoms with Gasteiger partial charge < -0.3 is 0 Å². The van der Waals surface area contributed by atoms with Gasteiger partial charge in [-0.15, -0.1) is 0 Å². The van der Waals surface area contributed by atoms with Gasteiger partial charge in [-0.05, 0) is 45.9 Å². The number of allylic oxidation sites excluding steroid dienone is 4. The first-order valence-corrected chi connectivity index (χ1v) is 11.0. The van der Waals surface area contributed by atoms with Crippen molar-refractivity contribution in [1.29, 1.82) is 0 Å². The maximum absolute atomic E-state index is 2.33. The van der Waals surface area contributed by atoms with Crippen LogP contribution in [0, 0.1) is 5.92 Å². The fraction of sp³-hybridized carbons (Fsp3) is 0.0968. The molecule has 0 fully saturated rings. The highest BCUT2D eigenvalue weighted by molar-refractivity contribution is 6.18. The molecule has 0 heterocycles. The molecule has 0 aliphatic heterocycles. The van der Waals surface area contributed by atoms with E-state index in [1.807, 2.05) is 0 Å². The molecule has 0 N–H and O–H groups in total. The van der Waals surface area contributed by atoms with Gasteiger partial charge in [-0.1, -0.05) is 127 Å². The zero-order valence-corrected chi connectivity index (χ0v) is 17.6. The minimum Gasteiger partial charge on any atom is -0.0622 e. The van der Waals surface area contributed by atoms with Crippen molar-refractivity contribution in [2.45, 2.75) is 12.3 Å². The van der Waals surface area contributed by atoms with E-state index in [0.29, 0.717) is 5.92 Å². The predicted octanol–water partition coefficient (Wildman–Crippen LogP) is 7.65. The summed E-state index contributed by atoms with van der Waals surface area (Å²) in [6.45, 7) is 2.33. The fourth-order valence-electron chi connectivity index (χ4n) is 5.96. The fourth-order valence-corrected chi connectivity index (χ4v) is 5.96. The molecule has 0 radical (unpaired) electrons. The zero-order chi connectivity index (χ0) is 20.8. The van der Waals surface area contributed by atoms with E-state index >= 15 is 0 Å². The molecule has 0 nitrogen and oxygen atoms in total. The number of hydrogen-bond donors (Lipinski definition) is 0. The van der Waals surface area contributed by atoms with Gasteiger partial charge in [0, 0.05) is 5.92 Å². The normalized spacial score (nSPS) is 21.9. The first-order chi connectivity index (χ1) is 15.3. The van der Waals surface area contributed by atoms with Crippen LogP contribution >= 0.6 is 0 Å². The Balaban J connectivity index is 1.68. The molecule has 0 aromatic heterocycles. The topological polar surface area (TPSA) is 0 Å². The first-order valence-electron chi connectivity index (χ1n) is 11.0. The predicted molar refractivity (Wildman–Crippen MR) is 130 cm³/mol. The van der Waals surface area contributed by atoms with Crippen LogP contribution in [0.2, 0.25) is 0 Å². The Morgan fingerprint density at radius 2 is 0.903 bits per heavy atom. The standard InChI is InChI=1S/C31H24/c1-22-28(24-16-8-3-9-17-24)31(26-20-12-5-13-21-26)29(22)27(23-14-6-2-7-15-23)30(31)25-18-10-4-11-19-25/h2-21,29H,1H3. The molecule has 2 unspecified atom stereocenters. The number of fused-ring (bicyclic) bond motifs is 1. The summed E-state index contributed by atoms with van der Waals surface area (Å²) in [5.41, 5.74) is 11.2. The Labute approximate surface area is 184 Å². The van der Waals surface area contributed by atoms with Crippen molar-refractivity contribution < 1.29 is 0 Å². The van der Waals surface area contributed by atoms with Crippen molar-refractivity contribution in [2.24, 2.45) is 5.92 Å². The van der Waals surface area contributed by atoms with Crippen molar-refractivity contribution in [2.75, 3.05) is 0 Å². The second-order valence-corrected chi connectivity index (χ2v) is 8.55. The van der Waals surface area contributed by atoms with Crippen LogP contribution in [0.3, 0.4) is 0 Å². The summed E-state index contributed by atoms with van der Waals surface area (Å²) in [6, 6.07) is 44.0. The van der Waals surface area contributed by atoms with E-state index in [4.69, 9.17) is 0 Å². The molecule has 0 bridgehead atoms. The van der Waals surface area contributed by atoms with Gasteiger partial charge in [-0.25, -0.2) is 0 Å². The summed E-state index contributed by atoms with van der Waals surface area (Å²) < 4.78 is 0. The number of benzene rings is 4. The lowest BCUT2D eigenvalue weighted by Crippen LogP contribution is -2.54. The summed E-state index contributed by atoms with van der Waals surface area (Å²) in [4.78, 5) is 0. The average Bonchev–Trinajstić information content (AvgIpc) is 2.83. The van der Waals surface area contributed by atoms with E-state index in [2.05, 4.69) is 128 Å². The Kier molecular flexibility index (Phi) is 4.07. The smallest absolute Gasteiger partial charge is 0.0571 e. The third-order valence-electron chi connectivity index (χ3n) is 7.05. The van der Waals surface area contributed by atoms with Crippen molar-refractivity contribution in [3.8, 4) is 0 Å². The van der Waals surface area contributed by atoms with Crippen molar-refractivity contribution in [3.05, 3.63) is 149 Å². The molecule has 0 saturated heterocycles. The van der Waals surface area contributed by atoms with E-state index in [0.717, 1.165) is 0 Å². The Morgan fingerprint density at radius 1 is 0.484 bits per heavy atom. The van der Waals surface area contributed by atoms with Crippen LogP contribution < -0.4 is 0 Å². The minimum absolute atomic E-state index is 0.0980. The van der Waals surface area contributed by atoms with Gasteiger partial charge in [0.15, 0.2) is 0 Å². The van der Waals surface area contributed by atoms with Crippen molar-refractivity contribution in [3.63, 3.8) is 0 Å². The Bertz CT molecular complexity index is 1300. The highest BCUT2D eigenvalue weighted by Gasteiger charge is 2.64. The molecule has 2 aliphatic rings. The van der Waals surface area contributed by atoms with Crippen LogP contribution in [0.1, 0.15) is 29.2 Å². The van der Waals surface area contributed by atoms with Crippen LogP contribution in [0.25, 0.3) is 16.7 Å². The van der Waals surface area contributed by atoms with E-state index in [1.165, 1.54) is 44.5 Å². The summed E-state index contributed by atoms with van der Waals surface area (Å²) in [7, 11) is 0. The third kappa shape index (κ3) is 2.42. The molecule has 148 valence electrons. The summed E-state index contributed by atoms with van der Waals surface area (Å²) in [6.07, 6.45) is 0. The monoisotopic (exact) mass is 396 g/mol. The van der Waals surface area contributed by atoms with Crippen LogP contribution in [-0.4, -0.2) is 0 Å². The van der Waals surface area contributed by atoms with E-state index < -0.39 is 0 Å². The van der Waals surface area contributed by atoms with Crippen LogP contribution in [0.5, 0.6) is 0 Å². The molecule has 31 heavy (non-hydrogen) atoms. The molecule has 0 heteroatoms. The van der Waals surface area contributed by atoms with Crippen molar-refractivity contribution >= 4 is 16.7 Å². The molecule has 2 atom stereocenters. The van der Waals surface area contributed by atoms with Gasteiger partial charge in [0.05, 0.1) is 5.41 Å². The molecular formula is C31H24. The van der Waals surface area contributed by atoms with Crippen LogP contribution in [0.4, 0.5) is 0 Å². The molecule has 6 rings (SSSR count).